The molecule has 4 rings (SSSR count). The van der Waals surface area contributed by atoms with Crippen LogP contribution < -0.4 is 0 Å². The summed E-state index contributed by atoms with van der Waals surface area (Å²) in [6.45, 7) is 4.57. The van der Waals surface area contributed by atoms with Gasteiger partial charge in [-0.2, -0.15) is 0 Å². The maximum absolute atomic E-state index is 12.8. The minimum absolute atomic E-state index is 0.0811. The first-order valence-electron chi connectivity index (χ1n) is 13.5. The Labute approximate surface area is 201 Å². The van der Waals surface area contributed by atoms with Crippen LogP contribution in [0.4, 0.5) is 0 Å². The quantitative estimate of drug-likeness (QED) is 0.382. The average molecular weight is 447 g/mol. The smallest absolute Gasteiger partial charge is 0.309 e. The van der Waals surface area contributed by atoms with Crippen molar-refractivity contribution in [2.24, 2.45) is 11.8 Å². The molecule has 2 heteroatoms. The molecule has 0 aliphatic heterocycles. The van der Waals surface area contributed by atoms with Crippen molar-refractivity contribution in [3.05, 3.63) is 71.3 Å². The van der Waals surface area contributed by atoms with E-state index < -0.39 is 0 Å². The lowest BCUT2D eigenvalue weighted by Gasteiger charge is -2.31. The van der Waals surface area contributed by atoms with E-state index in [0.717, 1.165) is 50.9 Å². The fourth-order valence-corrected chi connectivity index (χ4v) is 6.05. The van der Waals surface area contributed by atoms with E-state index in [4.69, 9.17) is 4.74 Å². The van der Waals surface area contributed by atoms with Crippen LogP contribution in [-0.2, 0) is 16.0 Å². The number of rotatable bonds is 8. The molecule has 1 unspecified atom stereocenters. The van der Waals surface area contributed by atoms with E-state index in [0.29, 0.717) is 11.8 Å². The van der Waals surface area contributed by atoms with E-state index in [1.54, 1.807) is 0 Å². The fourth-order valence-electron chi connectivity index (χ4n) is 6.05. The molecule has 2 aliphatic carbocycles. The Hall–Kier alpha value is -2.09. The van der Waals surface area contributed by atoms with Crippen LogP contribution in [0.25, 0.3) is 0 Å². The maximum Gasteiger partial charge on any atom is 0.309 e. The molecule has 0 heterocycles. The molecule has 0 radical (unpaired) electrons. The van der Waals surface area contributed by atoms with Crippen molar-refractivity contribution in [3.8, 4) is 0 Å². The fraction of sp³-hybridized carbons (Fsp3) is 0.581. The molecule has 2 aromatic carbocycles. The Morgan fingerprint density at radius 3 is 2.18 bits per heavy atom. The number of hydrogen-bond acceptors (Lipinski definition) is 2. The highest BCUT2D eigenvalue weighted by molar-refractivity contribution is 5.72. The van der Waals surface area contributed by atoms with Gasteiger partial charge in [0, 0.05) is 0 Å². The molecule has 2 nitrogen and oxygen atoms in total. The van der Waals surface area contributed by atoms with Gasteiger partial charge in [-0.25, -0.2) is 0 Å². The van der Waals surface area contributed by atoms with Crippen LogP contribution >= 0.6 is 0 Å². The summed E-state index contributed by atoms with van der Waals surface area (Å²) >= 11 is 0. The Morgan fingerprint density at radius 1 is 0.879 bits per heavy atom. The zero-order valence-corrected chi connectivity index (χ0v) is 20.7. The van der Waals surface area contributed by atoms with Gasteiger partial charge < -0.3 is 4.74 Å². The molecular weight excluding hydrogens is 404 g/mol. The predicted molar refractivity (Wildman–Crippen MR) is 136 cm³/mol. The van der Waals surface area contributed by atoms with E-state index in [1.807, 2.05) is 0 Å². The van der Waals surface area contributed by atoms with Gasteiger partial charge in [0.15, 0.2) is 0 Å². The van der Waals surface area contributed by atoms with Crippen molar-refractivity contribution < 1.29 is 9.53 Å². The van der Waals surface area contributed by atoms with Crippen molar-refractivity contribution in [1.29, 1.82) is 0 Å². The molecule has 0 bridgehead atoms. The highest BCUT2D eigenvalue weighted by Crippen LogP contribution is 2.37. The van der Waals surface area contributed by atoms with E-state index >= 15 is 0 Å². The molecule has 0 aromatic heterocycles. The Bertz CT molecular complexity index is 840. The highest BCUT2D eigenvalue weighted by Gasteiger charge is 2.31. The minimum Gasteiger partial charge on any atom is -0.462 e. The normalized spacial score (nSPS) is 26.5. The van der Waals surface area contributed by atoms with Crippen LogP contribution in [0.15, 0.2) is 54.6 Å². The predicted octanol–water partition coefficient (Wildman–Crippen LogP) is 8.21. The first-order valence-corrected chi connectivity index (χ1v) is 13.5. The molecule has 0 spiro atoms. The Balaban J connectivity index is 1.21. The van der Waals surface area contributed by atoms with Gasteiger partial charge in [-0.3, -0.25) is 4.79 Å². The van der Waals surface area contributed by atoms with Crippen LogP contribution in [0.5, 0.6) is 0 Å². The van der Waals surface area contributed by atoms with Crippen molar-refractivity contribution in [2.75, 3.05) is 0 Å². The van der Waals surface area contributed by atoms with E-state index in [-0.39, 0.29) is 18.0 Å². The Morgan fingerprint density at radius 2 is 1.55 bits per heavy atom. The van der Waals surface area contributed by atoms with E-state index in [2.05, 4.69) is 68.4 Å². The van der Waals surface area contributed by atoms with Crippen LogP contribution in [-0.4, -0.2) is 12.1 Å². The summed E-state index contributed by atoms with van der Waals surface area (Å²) in [4.78, 5) is 12.8. The monoisotopic (exact) mass is 446 g/mol. The lowest BCUT2D eigenvalue weighted by Crippen LogP contribution is -2.29. The lowest BCUT2D eigenvalue weighted by molar-refractivity contribution is -0.157. The number of benzene rings is 2. The van der Waals surface area contributed by atoms with Crippen LogP contribution in [0.2, 0.25) is 0 Å². The molecule has 0 N–H and O–H groups in total. The number of hydrogen-bond donors (Lipinski definition) is 0. The summed E-state index contributed by atoms with van der Waals surface area (Å²) in [5.74, 6) is 2.16. The third-order valence-corrected chi connectivity index (χ3v) is 8.20. The maximum atomic E-state index is 12.8. The molecule has 0 amide bonds. The van der Waals surface area contributed by atoms with Crippen molar-refractivity contribution in [2.45, 2.75) is 102 Å². The van der Waals surface area contributed by atoms with Crippen LogP contribution in [0, 0.1) is 11.8 Å². The lowest BCUT2D eigenvalue weighted by atomic mass is 9.78. The van der Waals surface area contributed by atoms with Crippen LogP contribution in [0.1, 0.15) is 107 Å². The van der Waals surface area contributed by atoms with Gasteiger partial charge in [0.05, 0.1) is 5.92 Å². The second-order valence-corrected chi connectivity index (χ2v) is 10.7. The van der Waals surface area contributed by atoms with Gasteiger partial charge in [0.25, 0.3) is 0 Å². The van der Waals surface area contributed by atoms with Gasteiger partial charge in [0.1, 0.15) is 6.10 Å². The molecule has 0 saturated heterocycles. The summed E-state index contributed by atoms with van der Waals surface area (Å²) in [6.07, 6.45) is 12.6. The SMILES string of the molecule is CCCC1CCC(OC(=O)C2CCC(c3ccc(CC(C)c4ccccc4)cc3)CC2)CC1. The molecular formula is C31H42O2. The molecule has 178 valence electrons. The summed E-state index contributed by atoms with van der Waals surface area (Å²) < 4.78 is 5.95. The standard InChI is InChI=1S/C31H42O2/c1-3-7-24-12-20-30(21-13-24)33-31(32)29-18-16-28(17-19-29)27-14-10-25(11-15-27)22-23(2)26-8-5-4-6-9-26/h4-6,8-11,14-15,23-24,28-30H,3,7,12-13,16-22H2,1-2H3. The third-order valence-electron chi connectivity index (χ3n) is 8.20. The zero-order valence-electron chi connectivity index (χ0n) is 20.7. The highest BCUT2D eigenvalue weighted by atomic mass is 16.5. The van der Waals surface area contributed by atoms with Crippen molar-refractivity contribution in [3.63, 3.8) is 0 Å². The van der Waals surface area contributed by atoms with Gasteiger partial charge >= 0.3 is 5.97 Å². The average Bonchev–Trinajstić information content (AvgIpc) is 2.86. The third kappa shape index (κ3) is 6.71. The number of ether oxygens (including phenoxy) is 1. The van der Waals surface area contributed by atoms with Crippen molar-refractivity contribution >= 4 is 5.97 Å². The topological polar surface area (TPSA) is 26.3 Å². The number of esters is 1. The Kier molecular flexibility index (Phi) is 8.64. The summed E-state index contributed by atoms with van der Waals surface area (Å²) in [7, 11) is 0. The van der Waals surface area contributed by atoms with Crippen molar-refractivity contribution in [1.82, 2.24) is 0 Å². The summed E-state index contributed by atoms with van der Waals surface area (Å²) in [5.41, 5.74) is 4.24. The zero-order chi connectivity index (χ0) is 23.0. The summed E-state index contributed by atoms with van der Waals surface area (Å²) in [6, 6.07) is 20.0. The molecule has 1 atom stereocenters. The molecule has 33 heavy (non-hydrogen) atoms. The van der Waals surface area contributed by atoms with Gasteiger partial charge in [-0.1, -0.05) is 81.3 Å². The second kappa shape index (κ2) is 11.9. The first-order chi connectivity index (χ1) is 16.1. The minimum atomic E-state index is 0.0811. The van der Waals surface area contributed by atoms with Gasteiger partial charge in [0.2, 0.25) is 0 Å². The second-order valence-electron chi connectivity index (χ2n) is 10.7. The molecule has 2 fully saturated rings. The summed E-state index contributed by atoms with van der Waals surface area (Å²) in [5, 5.41) is 0. The first kappa shape index (κ1) is 24.0. The van der Waals surface area contributed by atoms with E-state index in [1.165, 1.54) is 42.4 Å². The van der Waals surface area contributed by atoms with E-state index in [9.17, 15) is 4.79 Å². The van der Waals surface area contributed by atoms with Gasteiger partial charge in [-0.05, 0) is 92.2 Å². The number of carbonyl (C=O) groups is 1. The largest absolute Gasteiger partial charge is 0.462 e. The van der Waals surface area contributed by atoms with Crippen LogP contribution in [0.3, 0.4) is 0 Å². The number of carbonyl (C=O) groups excluding carboxylic acids is 1. The molecule has 2 saturated carbocycles. The van der Waals surface area contributed by atoms with Gasteiger partial charge in [-0.15, -0.1) is 0 Å². The molecule has 2 aliphatic rings. The molecule has 2 aromatic rings.